The molecule has 0 amide bonds. The van der Waals surface area contributed by atoms with Gasteiger partial charge in [-0.3, -0.25) is 4.79 Å². The molecule has 1 aromatic carbocycles. The highest BCUT2D eigenvalue weighted by Crippen LogP contribution is 2.35. The van der Waals surface area contributed by atoms with Gasteiger partial charge in [0.1, 0.15) is 12.2 Å². The van der Waals surface area contributed by atoms with Gasteiger partial charge in [0.15, 0.2) is 5.78 Å². The Morgan fingerprint density at radius 2 is 1.78 bits per heavy atom. The first-order valence-electron chi connectivity index (χ1n) is 9.00. The number of Topliss-reactive ketones (excluding diaryl/α,β-unsaturated/α-hetero) is 1. The molecule has 0 fully saturated rings. The lowest BCUT2D eigenvalue weighted by molar-refractivity contribution is -0.138. The van der Waals surface area contributed by atoms with Gasteiger partial charge in [0.25, 0.3) is 0 Å². The molecule has 0 aliphatic rings. The fourth-order valence-corrected chi connectivity index (χ4v) is 3.99. The van der Waals surface area contributed by atoms with Crippen molar-refractivity contribution in [3.8, 4) is 5.13 Å². The second-order valence-corrected chi connectivity index (χ2v) is 8.44. The topological polar surface area (TPSA) is 73.6 Å². The van der Waals surface area contributed by atoms with Crippen LogP contribution in [0.25, 0.3) is 5.13 Å². The van der Waals surface area contributed by atoms with E-state index in [9.17, 15) is 31.1 Å². The standard InChI is InChI=1S/C18H14ClF6N5OS/c1-8(13(31)10-4-11(17(20,21)22)6-12(19)5-10)3-9(2)14-26-7-27-30(14)16-29-28-15(32-16)18(23,24)25/h4-9H,3H2,1-2H3/t8-,9+/m0/s1. The van der Waals surface area contributed by atoms with E-state index in [1.807, 2.05) is 0 Å². The van der Waals surface area contributed by atoms with E-state index in [4.69, 9.17) is 11.6 Å². The van der Waals surface area contributed by atoms with Gasteiger partial charge in [0.2, 0.25) is 10.1 Å². The summed E-state index contributed by atoms with van der Waals surface area (Å²) in [7, 11) is 0. The summed E-state index contributed by atoms with van der Waals surface area (Å²) in [4.78, 5) is 16.8. The van der Waals surface area contributed by atoms with Gasteiger partial charge >= 0.3 is 12.4 Å². The van der Waals surface area contributed by atoms with Crippen molar-refractivity contribution >= 4 is 28.7 Å². The van der Waals surface area contributed by atoms with E-state index in [0.29, 0.717) is 0 Å². The maximum absolute atomic E-state index is 13.0. The van der Waals surface area contributed by atoms with Gasteiger partial charge in [0.05, 0.1) is 5.56 Å². The number of carbonyl (C=O) groups excluding carboxylic acids is 1. The molecule has 0 saturated heterocycles. The molecule has 0 unspecified atom stereocenters. The third-order valence-electron chi connectivity index (χ3n) is 4.52. The van der Waals surface area contributed by atoms with E-state index in [1.165, 1.54) is 6.92 Å². The SMILES string of the molecule is C[C@H](C[C@H](C)C(=O)c1cc(Cl)cc(C(F)(F)F)c1)c1ncnn1-c1nnc(C(F)(F)F)s1. The molecule has 3 rings (SSSR count). The average molecular weight is 498 g/mol. The number of hydrogen-bond donors (Lipinski definition) is 0. The quantitative estimate of drug-likeness (QED) is 0.317. The first kappa shape index (κ1) is 24.1. The van der Waals surface area contributed by atoms with Crippen LogP contribution in [-0.4, -0.2) is 30.7 Å². The Morgan fingerprint density at radius 3 is 2.38 bits per heavy atom. The molecule has 14 heteroatoms. The Bertz CT molecular complexity index is 1130. The number of carbonyl (C=O) groups is 1. The summed E-state index contributed by atoms with van der Waals surface area (Å²) in [5.41, 5.74) is -1.23. The Labute approximate surface area is 186 Å². The molecule has 172 valence electrons. The van der Waals surface area contributed by atoms with Gasteiger partial charge in [-0.15, -0.1) is 10.2 Å². The molecule has 2 atom stereocenters. The van der Waals surface area contributed by atoms with Gasteiger partial charge in [-0.05, 0) is 24.6 Å². The van der Waals surface area contributed by atoms with Crippen molar-refractivity contribution < 1.29 is 31.1 Å². The zero-order valence-electron chi connectivity index (χ0n) is 16.4. The molecule has 0 spiro atoms. The number of ketones is 1. The number of benzene rings is 1. The average Bonchev–Trinajstić information content (AvgIpc) is 3.34. The monoisotopic (exact) mass is 497 g/mol. The van der Waals surface area contributed by atoms with Crippen molar-refractivity contribution in [2.75, 3.05) is 0 Å². The molecule has 6 nitrogen and oxygen atoms in total. The van der Waals surface area contributed by atoms with Crippen molar-refractivity contribution in [1.82, 2.24) is 25.0 Å². The van der Waals surface area contributed by atoms with Crippen LogP contribution in [-0.2, 0) is 12.4 Å². The van der Waals surface area contributed by atoms with Crippen LogP contribution in [0, 0.1) is 5.92 Å². The van der Waals surface area contributed by atoms with Gasteiger partial charge in [-0.25, -0.2) is 4.98 Å². The number of rotatable bonds is 6. The lowest BCUT2D eigenvalue weighted by Crippen LogP contribution is -2.17. The summed E-state index contributed by atoms with van der Waals surface area (Å²) in [5, 5.41) is 8.96. The highest BCUT2D eigenvalue weighted by Gasteiger charge is 2.36. The summed E-state index contributed by atoms with van der Waals surface area (Å²) in [6, 6.07) is 2.62. The number of halogens is 7. The summed E-state index contributed by atoms with van der Waals surface area (Å²) in [6.45, 7) is 3.19. The zero-order chi connectivity index (χ0) is 23.8. The predicted octanol–water partition coefficient (Wildman–Crippen LogP) is 5.82. The molecule has 3 aromatic rings. The minimum absolute atomic E-state index is 0.135. The molecule has 0 N–H and O–H groups in total. The van der Waals surface area contributed by atoms with E-state index >= 15 is 0 Å². The van der Waals surface area contributed by atoms with Gasteiger partial charge < -0.3 is 0 Å². The molecule has 0 bridgehead atoms. The van der Waals surface area contributed by atoms with Crippen LogP contribution in [0.4, 0.5) is 26.3 Å². The van der Waals surface area contributed by atoms with Gasteiger partial charge in [-0.1, -0.05) is 36.8 Å². The highest BCUT2D eigenvalue weighted by molar-refractivity contribution is 7.13. The summed E-state index contributed by atoms with van der Waals surface area (Å²) in [6.07, 6.45) is -8.06. The lowest BCUT2D eigenvalue weighted by atomic mass is 9.89. The molecule has 2 heterocycles. The van der Waals surface area contributed by atoms with Crippen LogP contribution < -0.4 is 0 Å². The maximum atomic E-state index is 13.0. The fourth-order valence-electron chi connectivity index (χ4n) is 3.07. The number of aromatic nitrogens is 5. The van der Waals surface area contributed by atoms with Crippen molar-refractivity contribution in [2.45, 2.75) is 38.5 Å². The normalized spacial score (nSPS) is 14.4. The Kier molecular flexibility index (Phi) is 6.61. The van der Waals surface area contributed by atoms with Crippen molar-refractivity contribution in [3.05, 3.63) is 51.5 Å². The number of nitrogens with zero attached hydrogens (tertiary/aromatic N) is 5. The number of hydrogen-bond acceptors (Lipinski definition) is 6. The fraction of sp³-hybridized carbons (Fsp3) is 0.389. The Morgan fingerprint density at radius 1 is 1.09 bits per heavy atom. The molecule has 0 aliphatic heterocycles. The van der Waals surface area contributed by atoms with E-state index in [2.05, 4.69) is 20.3 Å². The van der Waals surface area contributed by atoms with E-state index < -0.39 is 40.5 Å². The molecule has 0 saturated carbocycles. The van der Waals surface area contributed by atoms with Gasteiger partial charge in [0, 0.05) is 22.4 Å². The highest BCUT2D eigenvalue weighted by atomic mass is 35.5. The van der Waals surface area contributed by atoms with Crippen LogP contribution in [0.1, 0.15) is 52.9 Å². The minimum Gasteiger partial charge on any atom is -0.294 e. The summed E-state index contributed by atoms with van der Waals surface area (Å²) in [5.74, 6) is -1.56. The largest absolute Gasteiger partial charge is 0.445 e. The Balaban J connectivity index is 1.80. The summed E-state index contributed by atoms with van der Waals surface area (Å²) < 4.78 is 78.6. The second-order valence-electron chi connectivity index (χ2n) is 7.05. The predicted molar refractivity (Wildman–Crippen MR) is 103 cm³/mol. The van der Waals surface area contributed by atoms with Gasteiger partial charge in [-0.2, -0.15) is 36.1 Å². The van der Waals surface area contributed by atoms with Crippen LogP contribution in [0.15, 0.2) is 24.5 Å². The third kappa shape index (κ3) is 5.26. The first-order chi connectivity index (χ1) is 14.8. The van der Waals surface area contributed by atoms with Crippen molar-refractivity contribution in [2.24, 2.45) is 5.92 Å². The van der Waals surface area contributed by atoms with Crippen LogP contribution in [0.2, 0.25) is 5.02 Å². The van der Waals surface area contributed by atoms with Crippen LogP contribution in [0.5, 0.6) is 0 Å². The Hall–Kier alpha value is -2.54. The lowest BCUT2D eigenvalue weighted by Gasteiger charge is -2.17. The van der Waals surface area contributed by atoms with Crippen LogP contribution >= 0.6 is 22.9 Å². The molecule has 0 aliphatic carbocycles. The second kappa shape index (κ2) is 8.77. The molecule has 2 aromatic heterocycles. The number of alkyl halides is 6. The zero-order valence-corrected chi connectivity index (χ0v) is 17.9. The van der Waals surface area contributed by atoms with Crippen LogP contribution in [0.3, 0.4) is 0 Å². The summed E-state index contributed by atoms with van der Waals surface area (Å²) >= 11 is 6.03. The molecule has 32 heavy (non-hydrogen) atoms. The van der Waals surface area contributed by atoms with E-state index in [1.54, 1.807) is 6.92 Å². The first-order valence-corrected chi connectivity index (χ1v) is 10.2. The molecular weight excluding hydrogens is 484 g/mol. The third-order valence-corrected chi connectivity index (χ3v) is 5.68. The van der Waals surface area contributed by atoms with E-state index in [-0.39, 0.29) is 39.3 Å². The van der Waals surface area contributed by atoms with E-state index in [0.717, 1.165) is 29.2 Å². The molecule has 0 radical (unpaired) electrons. The van der Waals surface area contributed by atoms with Crippen molar-refractivity contribution in [3.63, 3.8) is 0 Å². The van der Waals surface area contributed by atoms with Crippen molar-refractivity contribution in [1.29, 1.82) is 0 Å². The smallest absolute Gasteiger partial charge is 0.294 e. The maximum Gasteiger partial charge on any atom is 0.445 e. The minimum atomic E-state index is -4.66. The molecular formula is C18H14ClF6N5OS.